The van der Waals surface area contributed by atoms with Crippen molar-refractivity contribution >= 4 is 6.09 Å². The van der Waals surface area contributed by atoms with Gasteiger partial charge in [0.2, 0.25) is 0 Å². The summed E-state index contributed by atoms with van der Waals surface area (Å²) < 4.78 is 7.29. The fourth-order valence-corrected chi connectivity index (χ4v) is 2.24. The molecule has 1 saturated heterocycles. The first kappa shape index (κ1) is 14.8. The van der Waals surface area contributed by atoms with Gasteiger partial charge in [-0.2, -0.15) is 5.10 Å². The van der Waals surface area contributed by atoms with Crippen molar-refractivity contribution < 1.29 is 9.53 Å². The predicted molar refractivity (Wildman–Crippen MR) is 76.3 cm³/mol. The number of hydrogen-bond acceptors (Lipinski definition) is 4. The minimum atomic E-state index is -0.455. The van der Waals surface area contributed by atoms with Gasteiger partial charge in [0, 0.05) is 30.9 Å². The number of aromatic nitrogens is 2. The summed E-state index contributed by atoms with van der Waals surface area (Å²) >= 11 is 0. The Hall–Kier alpha value is -1.56. The highest BCUT2D eigenvalue weighted by Crippen LogP contribution is 2.24. The molecule has 2 N–H and O–H groups in total. The second-order valence-electron chi connectivity index (χ2n) is 6.41. The first-order valence-corrected chi connectivity index (χ1v) is 7.04. The Labute approximate surface area is 119 Å². The molecule has 2 unspecified atom stereocenters. The molecule has 1 aromatic rings. The van der Waals surface area contributed by atoms with Crippen LogP contribution in [0.25, 0.3) is 0 Å². The van der Waals surface area contributed by atoms with E-state index in [2.05, 4.69) is 5.10 Å². The second-order valence-corrected chi connectivity index (χ2v) is 6.41. The van der Waals surface area contributed by atoms with Gasteiger partial charge < -0.3 is 15.4 Å². The van der Waals surface area contributed by atoms with Gasteiger partial charge in [0.05, 0.1) is 12.2 Å². The van der Waals surface area contributed by atoms with Gasteiger partial charge in [0.25, 0.3) is 0 Å². The van der Waals surface area contributed by atoms with Crippen LogP contribution >= 0.6 is 0 Å². The third kappa shape index (κ3) is 3.50. The van der Waals surface area contributed by atoms with E-state index in [4.69, 9.17) is 10.5 Å². The summed E-state index contributed by atoms with van der Waals surface area (Å²) in [5.41, 5.74) is 6.39. The van der Waals surface area contributed by atoms with E-state index >= 15 is 0 Å². The van der Waals surface area contributed by atoms with Gasteiger partial charge in [-0.25, -0.2) is 4.79 Å². The molecule has 1 aliphatic rings. The SMILES string of the molecule is CC(N)c1cnn(C2CCN(C(=O)OC(C)(C)C)C2)c1. The number of nitrogens with zero attached hydrogens (tertiary/aromatic N) is 3. The average molecular weight is 280 g/mol. The molecule has 2 rings (SSSR count). The summed E-state index contributed by atoms with van der Waals surface area (Å²) in [5.74, 6) is 0. The van der Waals surface area contributed by atoms with Gasteiger partial charge in [-0.3, -0.25) is 4.68 Å². The van der Waals surface area contributed by atoms with Crippen LogP contribution in [-0.4, -0.2) is 39.5 Å². The van der Waals surface area contributed by atoms with Crippen LogP contribution in [0.3, 0.4) is 0 Å². The number of carbonyl (C=O) groups is 1. The van der Waals surface area contributed by atoms with Gasteiger partial charge >= 0.3 is 6.09 Å². The molecule has 2 atom stereocenters. The molecule has 112 valence electrons. The van der Waals surface area contributed by atoms with E-state index in [1.807, 2.05) is 38.6 Å². The summed E-state index contributed by atoms with van der Waals surface area (Å²) in [7, 11) is 0. The molecule has 1 aliphatic heterocycles. The minimum absolute atomic E-state index is 0.0212. The van der Waals surface area contributed by atoms with Crippen LogP contribution in [0, 0.1) is 0 Å². The standard InChI is InChI=1S/C14H24N4O2/c1-10(15)11-7-16-18(8-11)12-5-6-17(9-12)13(19)20-14(2,3)4/h7-8,10,12H,5-6,9,15H2,1-4H3. The maximum atomic E-state index is 12.0. The molecule has 2 heterocycles. The molecule has 0 saturated carbocycles. The molecule has 1 aromatic heterocycles. The highest BCUT2D eigenvalue weighted by atomic mass is 16.6. The van der Waals surface area contributed by atoms with Crippen molar-refractivity contribution in [3.05, 3.63) is 18.0 Å². The van der Waals surface area contributed by atoms with Crippen LogP contribution in [-0.2, 0) is 4.74 Å². The zero-order valence-electron chi connectivity index (χ0n) is 12.7. The number of nitrogens with two attached hydrogens (primary N) is 1. The van der Waals surface area contributed by atoms with Crippen LogP contribution in [0.2, 0.25) is 0 Å². The summed E-state index contributed by atoms with van der Waals surface area (Å²) in [6, 6.07) is 0.183. The molecule has 0 bridgehead atoms. The van der Waals surface area contributed by atoms with Crippen molar-refractivity contribution in [2.75, 3.05) is 13.1 Å². The van der Waals surface area contributed by atoms with Gasteiger partial charge in [-0.15, -0.1) is 0 Å². The number of ether oxygens (including phenoxy) is 1. The van der Waals surface area contributed by atoms with Crippen LogP contribution in [0.15, 0.2) is 12.4 Å². The smallest absolute Gasteiger partial charge is 0.410 e. The highest BCUT2D eigenvalue weighted by Gasteiger charge is 2.31. The van der Waals surface area contributed by atoms with E-state index in [0.29, 0.717) is 13.1 Å². The Balaban J connectivity index is 1.96. The summed E-state index contributed by atoms with van der Waals surface area (Å²) in [6.07, 6.45) is 4.40. The van der Waals surface area contributed by atoms with E-state index in [0.717, 1.165) is 12.0 Å². The van der Waals surface area contributed by atoms with Gasteiger partial charge in [0.1, 0.15) is 5.60 Å². The first-order valence-electron chi connectivity index (χ1n) is 7.04. The topological polar surface area (TPSA) is 73.4 Å². The molecule has 0 aliphatic carbocycles. The van der Waals surface area contributed by atoms with Gasteiger partial charge in [0.15, 0.2) is 0 Å². The zero-order valence-corrected chi connectivity index (χ0v) is 12.7. The van der Waals surface area contributed by atoms with E-state index < -0.39 is 5.60 Å². The second kappa shape index (κ2) is 5.44. The van der Waals surface area contributed by atoms with E-state index in [1.165, 1.54) is 0 Å². The molecular weight excluding hydrogens is 256 g/mol. The lowest BCUT2D eigenvalue weighted by Crippen LogP contribution is -2.35. The third-order valence-electron chi connectivity index (χ3n) is 3.34. The lowest BCUT2D eigenvalue weighted by molar-refractivity contribution is 0.0288. The Morgan fingerprint density at radius 1 is 1.55 bits per heavy atom. The molecule has 0 aromatic carbocycles. The summed E-state index contributed by atoms with van der Waals surface area (Å²) in [4.78, 5) is 13.7. The van der Waals surface area contributed by atoms with Crippen molar-refractivity contribution in [3.63, 3.8) is 0 Å². The third-order valence-corrected chi connectivity index (χ3v) is 3.34. The van der Waals surface area contributed by atoms with Crippen molar-refractivity contribution in [1.29, 1.82) is 0 Å². The number of rotatable bonds is 2. The van der Waals surface area contributed by atoms with Gasteiger partial charge in [-0.05, 0) is 34.1 Å². The molecule has 1 amide bonds. The van der Waals surface area contributed by atoms with Crippen molar-refractivity contribution in [2.45, 2.75) is 51.8 Å². The Kier molecular flexibility index (Phi) is 4.04. The first-order chi connectivity index (χ1) is 9.26. The Bertz CT molecular complexity index is 476. The number of carbonyl (C=O) groups excluding carboxylic acids is 1. The van der Waals surface area contributed by atoms with E-state index in [1.54, 1.807) is 11.1 Å². The molecule has 0 spiro atoms. The lowest BCUT2D eigenvalue weighted by Gasteiger charge is -2.24. The van der Waals surface area contributed by atoms with Gasteiger partial charge in [-0.1, -0.05) is 0 Å². The Morgan fingerprint density at radius 2 is 2.25 bits per heavy atom. The Morgan fingerprint density at radius 3 is 2.80 bits per heavy atom. The lowest BCUT2D eigenvalue weighted by atomic mass is 10.2. The monoisotopic (exact) mass is 280 g/mol. The number of likely N-dealkylation sites (tertiary alicyclic amines) is 1. The van der Waals surface area contributed by atoms with E-state index in [-0.39, 0.29) is 18.2 Å². The normalized spacial score (nSPS) is 21.1. The summed E-state index contributed by atoms with van der Waals surface area (Å²) in [6.45, 7) is 8.90. The molecular formula is C14H24N4O2. The minimum Gasteiger partial charge on any atom is -0.444 e. The fraction of sp³-hybridized carbons (Fsp3) is 0.714. The average Bonchev–Trinajstić information content (AvgIpc) is 2.95. The van der Waals surface area contributed by atoms with Crippen LogP contribution < -0.4 is 5.73 Å². The van der Waals surface area contributed by atoms with Crippen LogP contribution in [0.1, 0.15) is 51.8 Å². The molecule has 1 fully saturated rings. The predicted octanol–water partition coefficient (Wildman–Crippen LogP) is 2.08. The molecule has 20 heavy (non-hydrogen) atoms. The molecule has 6 nitrogen and oxygen atoms in total. The van der Waals surface area contributed by atoms with Crippen LogP contribution in [0.4, 0.5) is 4.79 Å². The van der Waals surface area contributed by atoms with E-state index in [9.17, 15) is 4.79 Å². The zero-order chi connectivity index (χ0) is 14.9. The highest BCUT2D eigenvalue weighted by molar-refractivity contribution is 5.68. The molecule has 6 heteroatoms. The van der Waals surface area contributed by atoms with Crippen molar-refractivity contribution in [3.8, 4) is 0 Å². The maximum Gasteiger partial charge on any atom is 0.410 e. The van der Waals surface area contributed by atoms with Crippen molar-refractivity contribution in [2.24, 2.45) is 5.73 Å². The maximum absolute atomic E-state index is 12.0. The fourth-order valence-electron chi connectivity index (χ4n) is 2.24. The quantitative estimate of drug-likeness (QED) is 0.900. The van der Waals surface area contributed by atoms with Crippen LogP contribution in [0.5, 0.6) is 0 Å². The summed E-state index contributed by atoms with van der Waals surface area (Å²) in [5, 5.41) is 4.35. The molecule has 0 radical (unpaired) electrons. The number of hydrogen-bond donors (Lipinski definition) is 1. The number of amides is 1. The van der Waals surface area contributed by atoms with Crippen molar-refractivity contribution in [1.82, 2.24) is 14.7 Å². The largest absolute Gasteiger partial charge is 0.444 e.